The average Bonchev–Trinajstić information content (AvgIpc) is 3.05. The first-order valence-electron chi connectivity index (χ1n) is 15.2. The minimum atomic E-state index is -3.90. The summed E-state index contributed by atoms with van der Waals surface area (Å²) in [5, 5.41) is 3.51. The smallest absolute Gasteiger partial charge is 0.244 e. The van der Waals surface area contributed by atoms with Crippen LogP contribution in [0.15, 0.2) is 109 Å². The van der Waals surface area contributed by atoms with Crippen LogP contribution in [0.3, 0.4) is 0 Å². The van der Waals surface area contributed by atoms with E-state index in [0.29, 0.717) is 35.1 Å². The number of ether oxygens (including phenoxy) is 1. The second kappa shape index (κ2) is 16.3. The molecule has 46 heavy (non-hydrogen) atoms. The molecule has 0 fully saturated rings. The standard InChI is InChI=1S/C36H40ClN3O5S/c1-4-27(2)38-36(42)34(23-28-12-7-5-8-13-28)39(24-30-16-11-17-31(37)22-30)35(41)25-40(46(3,43)44)32-18-20-33(21-19-32)45-26-29-14-9-6-10-15-29/h5-22,27,34H,4,23-26H2,1-3H3,(H,38,42)/t27-,34+/m0/s1. The second-order valence-electron chi connectivity index (χ2n) is 11.2. The normalized spacial score (nSPS) is 12.5. The SMILES string of the molecule is CC[C@H](C)NC(=O)[C@@H](Cc1ccccc1)N(Cc1cccc(Cl)c1)C(=O)CN(c1ccc(OCc2ccccc2)cc1)S(C)(=O)=O. The molecule has 2 amide bonds. The van der Waals surface area contributed by atoms with Gasteiger partial charge in [0.15, 0.2) is 0 Å². The topological polar surface area (TPSA) is 96.0 Å². The third kappa shape index (κ3) is 10.1. The molecule has 1 N–H and O–H groups in total. The fourth-order valence-corrected chi connectivity index (χ4v) is 5.95. The molecule has 0 unspecified atom stereocenters. The number of anilines is 1. The Hall–Kier alpha value is -4.34. The molecule has 0 aromatic heterocycles. The van der Waals surface area contributed by atoms with Gasteiger partial charge in [0.2, 0.25) is 21.8 Å². The van der Waals surface area contributed by atoms with E-state index in [0.717, 1.165) is 21.7 Å². The maximum absolute atomic E-state index is 14.3. The molecule has 0 aliphatic carbocycles. The van der Waals surface area contributed by atoms with Crippen LogP contribution in [-0.2, 0) is 39.2 Å². The molecule has 0 saturated heterocycles. The Balaban J connectivity index is 1.65. The molecule has 4 rings (SSSR count). The molecule has 4 aromatic carbocycles. The van der Waals surface area contributed by atoms with Crippen molar-refractivity contribution in [3.63, 3.8) is 0 Å². The van der Waals surface area contributed by atoms with Gasteiger partial charge < -0.3 is 15.0 Å². The van der Waals surface area contributed by atoms with E-state index in [2.05, 4.69) is 5.32 Å². The van der Waals surface area contributed by atoms with E-state index in [-0.39, 0.29) is 24.9 Å². The highest BCUT2D eigenvalue weighted by atomic mass is 35.5. The van der Waals surface area contributed by atoms with Crippen LogP contribution in [0.5, 0.6) is 5.75 Å². The number of carbonyl (C=O) groups is 2. The molecule has 8 nitrogen and oxygen atoms in total. The minimum absolute atomic E-state index is 0.0503. The van der Waals surface area contributed by atoms with E-state index in [1.165, 1.54) is 4.90 Å². The highest BCUT2D eigenvalue weighted by Crippen LogP contribution is 2.24. The van der Waals surface area contributed by atoms with Crippen molar-refractivity contribution in [2.45, 2.75) is 51.9 Å². The Morgan fingerprint density at radius 2 is 1.46 bits per heavy atom. The molecule has 0 aliphatic rings. The van der Waals surface area contributed by atoms with E-state index >= 15 is 0 Å². The molecular formula is C36H40ClN3O5S. The first kappa shape index (κ1) is 34.5. The van der Waals surface area contributed by atoms with E-state index in [9.17, 15) is 18.0 Å². The molecule has 242 valence electrons. The average molecular weight is 662 g/mol. The van der Waals surface area contributed by atoms with Crippen LogP contribution < -0.4 is 14.4 Å². The molecular weight excluding hydrogens is 622 g/mol. The summed E-state index contributed by atoms with van der Waals surface area (Å²) in [7, 11) is -3.90. The third-order valence-corrected chi connectivity index (χ3v) is 8.94. The van der Waals surface area contributed by atoms with Gasteiger partial charge in [-0.1, -0.05) is 91.3 Å². The highest BCUT2D eigenvalue weighted by molar-refractivity contribution is 7.92. The lowest BCUT2D eigenvalue weighted by Gasteiger charge is -2.34. The number of carbonyl (C=O) groups excluding carboxylic acids is 2. The van der Waals surface area contributed by atoms with Crippen LogP contribution in [-0.4, -0.2) is 50.0 Å². The number of nitrogens with one attached hydrogen (secondary N) is 1. The van der Waals surface area contributed by atoms with Gasteiger partial charge in [0.25, 0.3) is 0 Å². The minimum Gasteiger partial charge on any atom is -0.489 e. The maximum Gasteiger partial charge on any atom is 0.244 e. The summed E-state index contributed by atoms with van der Waals surface area (Å²) >= 11 is 6.28. The monoisotopic (exact) mass is 661 g/mol. The highest BCUT2D eigenvalue weighted by Gasteiger charge is 2.33. The van der Waals surface area contributed by atoms with Crippen molar-refractivity contribution in [1.82, 2.24) is 10.2 Å². The summed E-state index contributed by atoms with van der Waals surface area (Å²) in [6.45, 7) is 3.77. The number of nitrogens with zero attached hydrogens (tertiary/aromatic N) is 2. The molecule has 4 aromatic rings. The lowest BCUT2D eigenvalue weighted by Crippen LogP contribution is -2.54. The summed E-state index contributed by atoms with van der Waals surface area (Å²) < 4.78 is 33.1. The number of rotatable bonds is 15. The van der Waals surface area contributed by atoms with E-state index in [1.807, 2.05) is 80.6 Å². The van der Waals surface area contributed by atoms with Crippen molar-refractivity contribution < 1.29 is 22.7 Å². The van der Waals surface area contributed by atoms with Crippen molar-refractivity contribution in [1.29, 1.82) is 0 Å². The van der Waals surface area contributed by atoms with Crippen LogP contribution in [0.4, 0.5) is 5.69 Å². The summed E-state index contributed by atoms with van der Waals surface area (Å²) in [6, 6.07) is 31.7. The summed E-state index contributed by atoms with van der Waals surface area (Å²) in [4.78, 5) is 29.5. The summed E-state index contributed by atoms with van der Waals surface area (Å²) in [5.41, 5.74) is 2.87. The molecule has 0 heterocycles. The van der Waals surface area contributed by atoms with Crippen LogP contribution >= 0.6 is 11.6 Å². The second-order valence-corrected chi connectivity index (χ2v) is 13.6. The Morgan fingerprint density at radius 1 is 0.848 bits per heavy atom. The molecule has 0 spiro atoms. The predicted octanol–water partition coefficient (Wildman–Crippen LogP) is 6.24. The van der Waals surface area contributed by atoms with E-state index < -0.39 is 28.5 Å². The van der Waals surface area contributed by atoms with Gasteiger partial charge in [-0.05, 0) is 66.4 Å². The number of amides is 2. The Labute approximate surface area is 277 Å². The first-order chi connectivity index (χ1) is 22.0. The number of hydrogen-bond donors (Lipinski definition) is 1. The number of halogens is 1. The molecule has 2 atom stereocenters. The molecule has 0 aliphatic heterocycles. The lowest BCUT2D eigenvalue weighted by atomic mass is 10.0. The summed E-state index contributed by atoms with van der Waals surface area (Å²) in [5.74, 6) is -0.297. The van der Waals surface area contributed by atoms with E-state index in [1.54, 1.807) is 42.5 Å². The molecule has 0 saturated carbocycles. The maximum atomic E-state index is 14.3. The number of hydrogen-bond acceptors (Lipinski definition) is 5. The summed E-state index contributed by atoms with van der Waals surface area (Å²) in [6.07, 6.45) is 2.00. The Morgan fingerprint density at radius 3 is 2.04 bits per heavy atom. The lowest BCUT2D eigenvalue weighted by molar-refractivity contribution is -0.140. The fraction of sp³-hybridized carbons (Fsp3) is 0.278. The zero-order valence-electron chi connectivity index (χ0n) is 26.3. The van der Waals surface area contributed by atoms with Crippen molar-refractivity contribution in [3.8, 4) is 5.75 Å². The van der Waals surface area contributed by atoms with E-state index in [4.69, 9.17) is 16.3 Å². The van der Waals surface area contributed by atoms with Gasteiger partial charge in [0.1, 0.15) is 24.9 Å². The molecule has 0 bridgehead atoms. The molecule has 0 radical (unpaired) electrons. The Bertz CT molecular complexity index is 1690. The fourth-order valence-electron chi connectivity index (χ4n) is 4.89. The Kier molecular flexibility index (Phi) is 12.2. The van der Waals surface area contributed by atoms with Crippen molar-refractivity contribution >= 4 is 39.1 Å². The van der Waals surface area contributed by atoms with Gasteiger partial charge in [0.05, 0.1) is 11.9 Å². The van der Waals surface area contributed by atoms with Crippen LogP contribution in [0, 0.1) is 0 Å². The predicted molar refractivity (Wildman–Crippen MR) is 183 cm³/mol. The first-order valence-corrected chi connectivity index (χ1v) is 17.4. The number of sulfonamides is 1. The van der Waals surface area contributed by atoms with Gasteiger partial charge in [0, 0.05) is 24.0 Å². The van der Waals surface area contributed by atoms with Crippen molar-refractivity contribution in [2.75, 3.05) is 17.1 Å². The van der Waals surface area contributed by atoms with Crippen LogP contribution in [0.25, 0.3) is 0 Å². The quantitative estimate of drug-likeness (QED) is 0.163. The number of benzene rings is 4. The van der Waals surface area contributed by atoms with Gasteiger partial charge >= 0.3 is 0 Å². The zero-order valence-corrected chi connectivity index (χ0v) is 27.9. The third-order valence-electron chi connectivity index (χ3n) is 7.57. The largest absolute Gasteiger partial charge is 0.489 e. The van der Waals surface area contributed by atoms with Gasteiger partial charge in [-0.3, -0.25) is 13.9 Å². The van der Waals surface area contributed by atoms with Crippen molar-refractivity contribution in [3.05, 3.63) is 131 Å². The van der Waals surface area contributed by atoms with Gasteiger partial charge in [-0.2, -0.15) is 0 Å². The van der Waals surface area contributed by atoms with Gasteiger partial charge in [-0.15, -0.1) is 0 Å². The van der Waals surface area contributed by atoms with Gasteiger partial charge in [-0.25, -0.2) is 8.42 Å². The van der Waals surface area contributed by atoms with Crippen molar-refractivity contribution in [2.24, 2.45) is 0 Å². The molecule has 10 heteroatoms. The van der Waals surface area contributed by atoms with Crippen LogP contribution in [0.2, 0.25) is 5.02 Å². The zero-order chi connectivity index (χ0) is 33.1. The van der Waals surface area contributed by atoms with Crippen LogP contribution in [0.1, 0.15) is 37.0 Å².